The van der Waals surface area contributed by atoms with Gasteiger partial charge in [0.1, 0.15) is 0 Å². The maximum absolute atomic E-state index is 4.30. The number of rotatable bonds is 14. The number of benzene rings is 7. The second kappa shape index (κ2) is 18.5. The van der Waals surface area contributed by atoms with E-state index in [4.69, 9.17) is 0 Å². The van der Waals surface area contributed by atoms with Crippen molar-refractivity contribution < 1.29 is 0 Å². The van der Waals surface area contributed by atoms with E-state index in [0.717, 1.165) is 57.6 Å². The van der Waals surface area contributed by atoms with Gasteiger partial charge in [-0.05, 0) is 174 Å². The van der Waals surface area contributed by atoms with Gasteiger partial charge in [-0.3, -0.25) is 0 Å². The molecule has 3 aliphatic rings. The van der Waals surface area contributed by atoms with Crippen molar-refractivity contribution in [3.05, 3.63) is 284 Å². The third-order valence-corrected chi connectivity index (χ3v) is 13.6. The van der Waals surface area contributed by atoms with E-state index < -0.39 is 5.41 Å². The van der Waals surface area contributed by atoms with E-state index >= 15 is 0 Å². The van der Waals surface area contributed by atoms with Gasteiger partial charge >= 0.3 is 0 Å². The Hall–Kier alpha value is -8.34. The third kappa shape index (κ3) is 7.35. The summed E-state index contributed by atoms with van der Waals surface area (Å²) < 4.78 is 0. The van der Waals surface area contributed by atoms with Gasteiger partial charge in [0.05, 0.1) is 11.5 Å². The van der Waals surface area contributed by atoms with Crippen molar-refractivity contribution in [2.45, 2.75) is 31.7 Å². The lowest BCUT2D eigenvalue weighted by molar-refractivity contribution is 0.774. The molecule has 10 rings (SSSR count). The first kappa shape index (κ1) is 43.5. The maximum Gasteiger partial charge on any atom is 0.0728 e. The smallest absolute Gasteiger partial charge is 0.0728 e. The fraction of sp³-hybridized carbons (Fsp3) is 0.0938. The number of fused-ring (bicyclic) bond motifs is 10. The van der Waals surface area contributed by atoms with Crippen molar-refractivity contribution in [3.8, 4) is 22.3 Å². The Balaban J connectivity index is 1.32. The zero-order valence-corrected chi connectivity index (χ0v) is 39.1. The number of para-hydroxylation sites is 3. The monoisotopic (exact) mass is 880 g/mol. The molecule has 0 N–H and O–H groups in total. The molecule has 0 heterocycles. The van der Waals surface area contributed by atoms with Gasteiger partial charge in [0.15, 0.2) is 0 Å². The lowest BCUT2D eigenvalue weighted by Crippen LogP contribution is -2.31. The van der Waals surface area contributed by atoms with Gasteiger partial charge in [-0.1, -0.05) is 141 Å². The molecule has 0 radical (unpaired) electrons. The van der Waals surface area contributed by atoms with Crippen LogP contribution in [0.25, 0.3) is 22.3 Å². The molecule has 4 heteroatoms. The summed E-state index contributed by atoms with van der Waals surface area (Å²) in [7, 11) is 2.14. The molecule has 1 spiro atoms. The molecule has 0 bridgehead atoms. The molecule has 0 saturated carbocycles. The van der Waals surface area contributed by atoms with Crippen LogP contribution in [0.1, 0.15) is 42.5 Å². The second-order valence-corrected chi connectivity index (χ2v) is 17.5. The largest absolute Gasteiger partial charge is 0.351 e. The molecule has 3 aliphatic carbocycles. The Morgan fingerprint density at radius 2 is 1.00 bits per heavy atom. The van der Waals surface area contributed by atoms with Crippen molar-refractivity contribution in [2.75, 3.05) is 26.6 Å². The van der Waals surface area contributed by atoms with E-state index in [1.54, 1.807) is 0 Å². The second-order valence-electron chi connectivity index (χ2n) is 17.5. The standard InChI is InChI=1S/C64H56N4/c1-7-23-46(5)66(48-25-15-11-16-26-48)53-34-38-57-59-40-36-55(68(50-29-19-13-20-30-50)51-31-21-14-22-32-51)45-63(59)64(61(57)43-53)60-42-52(65(6)41-9-3)33-37-56(60)58-39-35-54(44-62(58)64)67(47(10-4)24-8-2)49-27-17-12-18-28-49/h7-31,33-45,51H,1-2,4,32H2,3,5-6H3. The summed E-state index contributed by atoms with van der Waals surface area (Å²) in [4.78, 5) is 9.38. The average molecular weight is 881 g/mol. The van der Waals surface area contributed by atoms with Crippen LogP contribution in [-0.2, 0) is 5.41 Å². The first-order valence-electron chi connectivity index (χ1n) is 23.5. The topological polar surface area (TPSA) is 13.0 Å². The molecule has 2 unspecified atom stereocenters. The predicted octanol–water partition coefficient (Wildman–Crippen LogP) is 16.6. The molecule has 0 saturated heterocycles. The van der Waals surface area contributed by atoms with E-state index in [1.807, 2.05) is 24.3 Å². The average Bonchev–Trinajstić information content (AvgIpc) is 3.83. The van der Waals surface area contributed by atoms with E-state index in [9.17, 15) is 0 Å². The highest BCUT2D eigenvalue weighted by molar-refractivity contribution is 5.98. The highest BCUT2D eigenvalue weighted by Gasteiger charge is 2.53. The summed E-state index contributed by atoms with van der Waals surface area (Å²) in [5.74, 6) is 0. The number of hydrogen-bond donors (Lipinski definition) is 0. The lowest BCUT2D eigenvalue weighted by atomic mass is 9.70. The summed E-state index contributed by atoms with van der Waals surface area (Å²) in [6.07, 6.45) is 23.8. The number of hydrogen-bond acceptors (Lipinski definition) is 4. The summed E-state index contributed by atoms with van der Waals surface area (Å²) in [6.45, 7) is 16.7. The van der Waals surface area contributed by atoms with Crippen molar-refractivity contribution in [1.29, 1.82) is 0 Å². The van der Waals surface area contributed by atoms with Crippen LogP contribution in [-0.4, -0.2) is 13.1 Å². The summed E-state index contributed by atoms with van der Waals surface area (Å²) in [5.41, 5.74) is 18.7. The number of nitrogens with zero attached hydrogens (tertiary/aromatic N) is 4. The van der Waals surface area contributed by atoms with Gasteiger partial charge < -0.3 is 19.6 Å². The zero-order valence-electron chi connectivity index (χ0n) is 39.1. The van der Waals surface area contributed by atoms with Gasteiger partial charge in [-0.15, -0.1) is 0 Å². The van der Waals surface area contributed by atoms with Gasteiger partial charge in [0.2, 0.25) is 0 Å². The summed E-state index contributed by atoms with van der Waals surface area (Å²) in [5, 5.41) is 0. The molecule has 4 nitrogen and oxygen atoms in total. The predicted molar refractivity (Wildman–Crippen MR) is 291 cm³/mol. The van der Waals surface area contributed by atoms with Crippen LogP contribution in [0.4, 0.5) is 39.8 Å². The van der Waals surface area contributed by atoms with Crippen LogP contribution in [0.3, 0.4) is 0 Å². The van der Waals surface area contributed by atoms with Crippen molar-refractivity contribution in [2.24, 2.45) is 0 Å². The maximum atomic E-state index is 4.30. The molecule has 0 amide bonds. The Bertz CT molecular complexity index is 3210. The van der Waals surface area contributed by atoms with E-state index in [2.05, 4.69) is 267 Å². The van der Waals surface area contributed by atoms with Gasteiger partial charge in [0, 0.05) is 58.3 Å². The Kier molecular flexibility index (Phi) is 11.9. The summed E-state index contributed by atoms with van der Waals surface area (Å²) in [6, 6.07) is 60.6. The molecule has 0 aromatic heterocycles. The lowest BCUT2D eigenvalue weighted by Gasteiger charge is -2.36. The minimum atomic E-state index is -0.744. The van der Waals surface area contributed by atoms with Crippen molar-refractivity contribution in [3.63, 3.8) is 0 Å². The first-order chi connectivity index (χ1) is 33.4. The molecule has 332 valence electrons. The SMILES string of the molecule is C=CC=C(C)N(c1ccccc1)c1ccc2c(c1)C1(c3cc(N(C)C=CC)ccc3-c3ccc(N(C(C=C)=CC=C)c4ccccc4)cc31)c1cc(N(c3ccccc3)C3C=CC=CC3)ccc1-2. The van der Waals surface area contributed by atoms with Gasteiger partial charge in [-0.25, -0.2) is 0 Å². The quantitative estimate of drug-likeness (QED) is 0.101. The van der Waals surface area contributed by atoms with E-state index in [-0.39, 0.29) is 6.04 Å². The van der Waals surface area contributed by atoms with Crippen LogP contribution in [0, 0.1) is 0 Å². The highest BCUT2D eigenvalue weighted by atomic mass is 15.2. The molecule has 0 aliphatic heterocycles. The van der Waals surface area contributed by atoms with Gasteiger partial charge in [-0.2, -0.15) is 0 Å². The van der Waals surface area contributed by atoms with E-state index in [1.165, 1.54) is 44.5 Å². The third-order valence-electron chi connectivity index (χ3n) is 13.6. The molecular weight excluding hydrogens is 825 g/mol. The fourth-order valence-corrected chi connectivity index (χ4v) is 10.8. The zero-order chi connectivity index (χ0) is 46.8. The normalized spacial score (nSPS) is 16.5. The Morgan fingerprint density at radius 3 is 1.50 bits per heavy atom. The highest BCUT2D eigenvalue weighted by Crippen LogP contribution is 2.65. The van der Waals surface area contributed by atoms with Crippen LogP contribution >= 0.6 is 0 Å². The molecule has 0 fully saturated rings. The minimum absolute atomic E-state index is 0.134. The number of anilines is 7. The first-order valence-corrected chi connectivity index (χ1v) is 23.5. The van der Waals surface area contributed by atoms with Crippen LogP contribution in [0.5, 0.6) is 0 Å². The molecule has 68 heavy (non-hydrogen) atoms. The molecule has 2 atom stereocenters. The fourth-order valence-electron chi connectivity index (χ4n) is 10.8. The minimum Gasteiger partial charge on any atom is -0.351 e. The van der Waals surface area contributed by atoms with E-state index in [0.29, 0.717) is 0 Å². The van der Waals surface area contributed by atoms with Crippen LogP contribution in [0.15, 0.2) is 262 Å². The Labute approximate surface area is 402 Å². The summed E-state index contributed by atoms with van der Waals surface area (Å²) >= 11 is 0. The van der Waals surface area contributed by atoms with Crippen LogP contribution in [0.2, 0.25) is 0 Å². The van der Waals surface area contributed by atoms with Crippen LogP contribution < -0.4 is 19.6 Å². The number of allylic oxidation sites excluding steroid dienone is 9. The Morgan fingerprint density at radius 1 is 0.529 bits per heavy atom. The van der Waals surface area contributed by atoms with Crippen molar-refractivity contribution >= 4 is 39.8 Å². The molecular formula is C64H56N4. The molecule has 7 aromatic rings. The van der Waals surface area contributed by atoms with Gasteiger partial charge in [0.25, 0.3) is 0 Å². The van der Waals surface area contributed by atoms with Crippen molar-refractivity contribution in [1.82, 2.24) is 0 Å². The molecule has 7 aromatic carbocycles.